The lowest BCUT2D eigenvalue weighted by Gasteiger charge is -2.10. The van der Waals surface area contributed by atoms with E-state index in [1.165, 1.54) is 0 Å². The van der Waals surface area contributed by atoms with Crippen LogP contribution in [0.1, 0.15) is 16.1 Å². The maximum absolute atomic E-state index is 12.6. The van der Waals surface area contributed by atoms with Gasteiger partial charge < -0.3 is 10.1 Å². The molecule has 6 heteroatoms. The first-order valence-corrected chi connectivity index (χ1v) is 7.77. The highest BCUT2D eigenvalue weighted by molar-refractivity contribution is 6.07. The van der Waals surface area contributed by atoms with E-state index in [4.69, 9.17) is 9.72 Å². The molecule has 0 aliphatic carbocycles. The van der Waals surface area contributed by atoms with E-state index in [1.54, 1.807) is 11.8 Å². The molecule has 0 aliphatic rings. The number of rotatable bonds is 5. The third-order valence-electron chi connectivity index (χ3n) is 3.84. The SMILES string of the molecule is COCCNC(=O)c1cc(-c2cn(C)nc2C)nc2ccccc12. The molecule has 1 aromatic carbocycles. The van der Waals surface area contributed by atoms with E-state index in [-0.39, 0.29) is 5.91 Å². The lowest BCUT2D eigenvalue weighted by Crippen LogP contribution is -2.27. The molecular formula is C18H20N4O2. The molecule has 3 rings (SSSR count). The van der Waals surface area contributed by atoms with Gasteiger partial charge in [-0.25, -0.2) is 4.98 Å². The standard InChI is InChI=1S/C18H20N4O2/c1-12-15(11-22(2)21-12)17-10-14(18(23)19-8-9-24-3)13-6-4-5-7-16(13)20-17/h4-7,10-11H,8-9H2,1-3H3,(H,19,23). The smallest absolute Gasteiger partial charge is 0.252 e. The molecule has 0 spiro atoms. The average Bonchev–Trinajstić information content (AvgIpc) is 2.92. The van der Waals surface area contributed by atoms with Crippen LogP contribution in [-0.4, -0.2) is 40.9 Å². The molecule has 0 radical (unpaired) electrons. The number of carbonyl (C=O) groups is 1. The molecule has 0 aliphatic heterocycles. The monoisotopic (exact) mass is 324 g/mol. The van der Waals surface area contributed by atoms with Crippen molar-refractivity contribution >= 4 is 16.8 Å². The highest BCUT2D eigenvalue weighted by Crippen LogP contribution is 2.26. The molecule has 2 heterocycles. The molecule has 124 valence electrons. The van der Waals surface area contributed by atoms with Gasteiger partial charge in [0.25, 0.3) is 5.91 Å². The van der Waals surface area contributed by atoms with Gasteiger partial charge in [-0.15, -0.1) is 0 Å². The second-order valence-electron chi connectivity index (χ2n) is 5.62. The van der Waals surface area contributed by atoms with E-state index in [1.807, 2.05) is 50.5 Å². The number of ether oxygens (including phenoxy) is 1. The molecule has 1 N–H and O–H groups in total. The van der Waals surface area contributed by atoms with Crippen LogP contribution in [0.2, 0.25) is 0 Å². The minimum atomic E-state index is -0.131. The van der Waals surface area contributed by atoms with Crippen LogP contribution in [0.25, 0.3) is 22.2 Å². The van der Waals surface area contributed by atoms with E-state index >= 15 is 0 Å². The third kappa shape index (κ3) is 3.14. The molecule has 6 nitrogen and oxygen atoms in total. The molecule has 0 unspecified atom stereocenters. The van der Waals surface area contributed by atoms with Crippen molar-refractivity contribution in [2.24, 2.45) is 7.05 Å². The van der Waals surface area contributed by atoms with E-state index in [2.05, 4.69) is 10.4 Å². The van der Waals surface area contributed by atoms with Gasteiger partial charge in [0.1, 0.15) is 0 Å². The molecule has 0 bridgehead atoms. The van der Waals surface area contributed by atoms with Crippen molar-refractivity contribution < 1.29 is 9.53 Å². The van der Waals surface area contributed by atoms with Gasteiger partial charge in [0.15, 0.2) is 0 Å². The lowest BCUT2D eigenvalue weighted by molar-refractivity contribution is 0.0938. The van der Waals surface area contributed by atoms with E-state index < -0.39 is 0 Å². The van der Waals surface area contributed by atoms with Gasteiger partial charge in [-0.05, 0) is 19.1 Å². The summed E-state index contributed by atoms with van der Waals surface area (Å²) in [4.78, 5) is 17.3. The molecule has 0 atom stereocenters. The van der Waals surface area contributed by atoms with Crippen molar-refractivity contribution in [3.05, 3.63) is 47.8 Å². The topological polar surface area (TPSA) is 69.0 Å². The highest BCUT2D eigenvalue weighted by atomic mass is 16.5. The Kier molecular flexibility index (Phi) is 4.57. The second-order valence-corrected chi connectivity index (χ2v) is 5.62. The van der Waals surface area contributed by atoms with Crippen molar-refractivity contribution in [3.8, 4) is 11.3 Å². The van der Waals surface area contributed by atoms with Crippen LogP contribution in [0.15, 0.2) is 36.5 Å². The Balaban J connectivity index is 2.09. The first-order chi connectivity index (χ1) is 11.6. The number of carbonyl (C=O) groups excluding carboxylic acids is 1. The summed E-state index contributed by atoms with van der Waals surface area (Å²) in [6, 6.07) is 9.48. The predicted molar refractivity (Wildman–Crippen MR) is 92.9 cm³/mol. The normalized spacial score (nSPS) is 11.0. The van der Waals surface area contributed by atoms with Gasteiger partial charge >= 0.3 is 0 Å². The molecule has 0 saturated heterocycles. The first kappa shape index (κ1) is 16.1. The van der Waals surface area contributed by atoms with Crippen LogP contribution in [-0.2, 0) is 11.8 Å². The molecule has 2 aromatic heterocycles. The number of pyridine rings is 1. The molecule has 1 amide bonds. The Morgan fingerprint density at radius 2 is 2.12 bits per heavy atom. The number of nitrogens with one attached hydrogen (secondary N) is 1. The van der Waals surface area contributed by atoms with Crippen LogP contribution >= 0.6 is 0 Å². The van der Waals surface area contributed by atoms with Gasteiger partial charge in [-0.1, -0.05) is 18.2 Å². The van der Waals surface area contributed by atoms with Gasteiger partial charge in [-0.3, -0.25) is 9.48 Å². The summed E-state index contributed by atoms with van der Waals surface area (Å²) in [5.41, 5.74) is 3.95. The van der Waals surface area contributed by atoms with Crippen molar-refractivity contribution in [2.75, 3.05) is 20.3 Å². The van der Waals surface area contributed by atoms with Crippen LogP contribution in [0.4, 0.5) is 0 Å². The van der Waals surface area contributed by atoms with Crippen LogP contribution < -0.4 is 5.32 Å². The number of hydrogen-bond donors (Lipinski definition) is 1. The van der Waals surface area contributed by atoms with Crippen LogP contribution in [0.3, 0.4) is 0 Å². The number of benzene rings is 1. The Hall–Kier alpha value is -2.73. The van der Waals surface area contributed by atoms with E-state index in [0.717, 1.165) is 27.9 Å². The van der Waals surface area contributed by atoms with Crippen molar-refractivity contribution in [2.45, 2.75) is 6.92 Å². The Labute approximate surface area is 140 Å². The summed E-state index contributed by atoms with van der Waals surface area (Å²) in [6.45, 7) is 2.88. The fourth-order valence-corrected chi connectivity index (χ4v) is 2.71. The molecule has 0 saturated carbocycles. The fourth-order valence-electron chi connectivity index (χ4n) is 2.71. The summed E-state index contributed by atoms with van der Waals surface area (Å²) in [6.07, 6.45) is 1.92. The number of nitrogens with zero attached hydrogens (tertiary/aromatic N) is 3. The summed E-state index contributed by atoms with van der Waals surface area (Å²) < 4.78 is 6.74. The quantitative estimate of drug-likeness (QED) is 0.731. The molecular weight excluding hydrogens is 304 g/mol. The summed E-state index contributed by atoms with van der Waals surface area (Å²) in [5.74, 6) is -0.131. The Morgan fingerprint density at radius 1 is 1.33 bits per heavy atom. The number of para-hydroxylation sites is 1. The Morgan fingerprint density at radius 3 is 2.83 bits per heavy atom. The van der Waals surface area contributed by atoms with E-state index in [0.29, 0.717) is 18.7 Å². The number of methoxy groups -OCH3 is 1. The summed E-state index contributed by atoms with van der Waals surface area (Å²) in [5, 5.41) is 8.07. The van der Waals surface area contributed by atoms with Crippen LogP contribution in [0.5, 0.6) is 0 Å². The largest absolute Gasteiger partial charge is 0.383 e. The van der Waals surface area contributed by atoms with Crippen molar-refractivity contribution in [3.63, 3.8) is 0 Å². The maximum Gasteiger partial charge on any atom is 0.252 e. The zero-order chi connectivity index (χ0) is 17.1. The average molecular weight is 324 g/mol. The number of aromatic nitrogens is 3. The minimum Gasteiger partial charge on any atom is -0.383 e. The van der Waals surface area contributed by atoms with Gasteiger partial charge in [-0.2, -0.15) is 5.10 Å². The van der Waals surface area contributed by atoms with Crippen molar-refractivity contribution in [1.82, 2.24) is 20.1 Å². The fraction of sp³-hybridized carbons (Fsp3) is 0.278. The van der Waals surface area contributed by atoms with Crippen LogP contribution in [0, 0.1) is 6.92 Å². The third-order valence-corrected chi connectivity index (χ3v) is 3.84. The molecule has 24 heavy (non-hydrogen) atoms. The van der Waals surface area contributed by atoms with Crippen molar-refractivity contribution in [1.29, 1.82) is 0 Å². The number of fused-ring (bicyclic) bond motifs is 1. The number of amides is 1. The molecule has 3 aromatic rings. The van der Waals surface area contributed by atoms with E-state index in [9.17, 15) is 4.79 Å². The second kappa shape index (κ2) is 6.80. The van der Waals surface area contributed by atoms with Gasteiger partial charge in [0.05, 0.1) is 29.1 Å². The number of aryl methyl sites for hydroxylation is 2. The predicted octanol–water partition coefficient (Wildman–Crippen LogP) is 2.32. The molecule has 0 fully saturated rings. The van der Waals surface area contributed by atoms with Gasteiger partial charge in [0, 0.05) is 37.8 Å². The lowest BCUT2D eigenvalue weighted by atomic mass is 10.0. The summed E-state index contributed by atoms with van der Waals surface area (Å²) >= 11 is 0. The zero-order valence-electron chi connectivity index (χ0n) is 14.0. The summed E-state index contributed by atoms with van der Waals surface area (Å²) in [7, 11) is 3.48. The highest BCUT2D eigenvalue weighted by Gasteiger charge is 2.15. The van der Waals surface area contributed by atoms with Gasteiger partial charge in [0.2, 0.25) is 0 Å². The first-order valence-electron chi connectivity index (χ1n) is 7.77. The Bertz CT molecular complexity index is 886. The minimum absolute atomic E-state index is 0.131. The zero-order valence-corrected chi connectivity index (χ0v) is 14.0. The number of hydrogen-bond acceptors (Lipinski definition) is 4. The maximum atomic E-state index is 12.6.